The minimum Gasteiger partial charge on any atom is -0.461 e. The molecule has 5 unspecified atom stereocenters. The van der Waals surface area contributed by atoms with E-state index in [-0.39, 0.29) is 17.4 Å². The van der Waals surface area contributed by atoms with E-state index >= 15 is 0 Å². The van der Waals surface area contributed by atoms with Gasteiger partial charge in [0.2, 0.25) is 0 Å². The highest BCUT2D eigenvalue weighted by Gasteiger charge is 2.43. The highest BCUT2D eigenvalue weighted by atomic mass is 32.1. The molecule has 5 atom stereocenters. The minimum atomic E-state index is -1.48. The third-order valence-corrected chi connectivity index (χ3v) is 3.92. The summed E-state index contributed by atoms with van der Waals surface area (Å²) < 4.78 is 10.1. The van der Waals surface area contributed by atoms with Gasteiger partial charge in [-0.05, 0) is 6.92 Å². The molecule has 1 aromatic rings. The number of carbonyl (C=O) groups is 1. The average Bonchev–Trinajstić information content (AvgIpc) is 2.97. The van der Waals surface area contributed by atoms with Gasteiger partial charge in [-0.3, -0.25) is 0 Å². The summed E-state index contributed by atoms with van der Waals surface area (Å²) in [6.07, 6.45) is -6.43. The van der Waals surface area contributed by atoms with Gasteiger partial charge in [-0.2, -0.15) is 0 Å². The molecule has 10 heteroatoms. The molecule has 0 bridgehead atoms. The zero-order valence-electron chi connectivity index (χ0n) is 11.7. The van der Waals surface area contributed by atoms with Crippen molar-refractivity contribution < 1.29 is 34.7 Å². The Bertz CT molecular complexity index is 509. The van der Waals surface area contributed by atoms with Gasteiger partial charge in [-0.1, -0.05) is 0 Å². The molecule has 2 heterocycles. The van der Waals surface area contributed by atoms with Crippen molar-refractivity contribution in [3.8, 4) is 0 Å². The number of nitrogens with one attached hydrogen (secondary N) is 1. The lowest BCUT2D eigenvalue weighted by Gasteiger charge is -2.40. The van der Waals surface area contributed by atoms with Crippen LogP contribution in [0.1, 0.15) is 17.4 Å². The SMILES string of the molecule is CCOC(=O)c1csc(NC2OC(CO)C(O)C(O)C2O)n1. The maximum absolute atomic E-state index is 11.5. The fourth-order valence-corrected chi connectivity index (χ4v) is 2.69. The van der Waals surface area contributed by atoms with Gasteiger partial charge in [0.25, 0.3) is 0 Å². The number of aromatic nitrogens is 1. The van der Waals surface area contributed by atoms with Crippen LogP contribution in [0.15, 0.2) is 5.38 Å². The van der Waals surface area contributed by atoms with E-state index < -0.39 is 43.2 Å². The van der Waals surface area contributed by atoms with E-state index in [1.54, 1.807) is 6.92 Å². The lowest BCUT2D eigenvalue weighted by atomic mass is 9.98. The van der Waals surface area contributed by atoms with Crippen LogP contribution in [-0.2, 0) is 9.47 Å². The summed E-state index contributed by atoms with van der Waals surface area (Å²) in [5.74, 6) is -0.569. The minimum absolute atomic E-state index is 0.110. The predicted octanol–water partition coefficient (Wildman–Crippen LogP) is -1.47. The Morgan fingerprint density at radius 2 is 2.14 bits per heavy atom. The standard InChI is InChI=1S/C12H18N2O7S/c1-2-20-11(19)5-4-22-12(13-5)14-10-9(18)8(17)7(16)6(3-15)21-10/h4,6-10,15-18H,2-3H2,1H3,(H,13,14). The molecule has 0 amide bonds. The number of carbonyl (C=O) groups excluding carboxylic acids is 1. The zero-order chi connectivity index (χ0) is 16.3. The fourth-order valence-electron chi connectivity index (χ4n) is 1.98. The van der Waals surface area contributed by atoms with E-state index in [1.807, 2.05) is 0 Å². The van der Waals surface area contributed by atoms with E-state index in [0.717, 1.165) is 11.3 Å². The maximum Gasteiger partial charge on any atom is 0.357 e. The Kier molecular flexibility index (Phi) is 5.67. The van der Waals surface area contributed by atoms with E-state index in [1.165, 1.54) is 5.38 Å². The Hall–Kier alpha value is -1.30. The predicted molar refractivity (Wildman–Crippen MR) is 75.5 cm³/mol. The van der Waals surface area contributed by atoms with Crippen LogP contribution in [0.3, 0.4) is 0 Å². The third kappa shape index (κ3) is 3.54. The molecule has 5 N–H and O–H groups in total. The van der Waals surface area contributed by atoms with Crippen LogP contribution in [0.2, 0.25) is 0 Å². The summed E-state index contributed by atoms with van der Waals surface area (Å²) in [5, 5.41) is 42.8. The van der Waals surface area contributed by atoms with Crippen molar-refractivity contribution in [2.24, 2.45) is 0 Å². The zero-order valence-corrected chi connectivity index (χ0v) is 12.6. The quantitative estimate of drug-likeness (QED) is 0.408. The van der Waals surface area contributed by atoms with Gasteiger partial charge >= 0.3 is 5.97 Å². The van der Waals surface area contributed by atoms with Gasteiger partial charge in [-0.25, -0.2) is 9.78 Å². The van der Waals surface area contributed by atoms with Gasteiger partial charge < -0.3 is 35.2 Å². The highest BCUT2D eigenvalue weighted by molar-refractivity contribution is 7.13. The molecule has 1 fully saturated rings. The number of aliphatic hydroxyl groups is 4. The van der Waals surface area contributed by atoms with Crippen LogP contribution < -0.4 is 5.32 Å². The summed E-state index contributed by atoms with van der Waals surface area (Å²) in [5.41, 5.74) is 0.110. The number of thiazole rings is 1. The van der Waals surface area contributed by atoms with E-state index in [2.05, 4.69) is 10.3 Å². The highest BCUT2D eigenvalue weighted by Crippen LogP contribution is 2.24. The molecular formula is C12H18N2O7S. The first-order chi connectivity index (χ1) is 10.5. The molecule has 1 aliphatic heterocycles. The number of esters is 1. The molecule has 22 heavy (non-hydrogen) atoms. The topological polar surface area (TPSA) is 141 Å². The summed E-state index contributed by atoms with van der Waals surface area (Å²) in [6, 6.07) is 0. The van der Waals surface area contributed by atoms with Crippen LogP contribution in [-0.4, -0.2) is 75.2 Å². The summed E-state index contributed by atoms with van der Waals surface area (Å²) in [7, 11) is 0. The van der Waals surface area contributed by atoms with Crippen LogP contribution in [0.4, 0.5) is 5.13 Å². The largest absolute Gasteiger partial charge is 0.461 e. The first kappa shape index (κ1) is 17.1. The van der Waals surface area contributed by atoms with Crippen molar-refractivity contribution >= 4 is 22.4 Å². The first-order valence-electron chi connectivity index (χ1n) is 6.67. The van der Waals surface area contributed by atoms with Crippen LogP contribution in [0, 0.1) is 0 Å². The lowest BCUT2D eigenvalue weighted by molar-refractivity contribution is -0.221. The average molecular weight is 334 g/mol. The Morgan fingerprint density at radius 1 is 1.41 bits per heavy atom. The number of rotatable bonds is 5. The Morgan fingerprint density at radius 3 is 2.77 bits per heavy atom. The van der Waals surface area contributed by atoms with Crippen molar-refractivity contribution in [2.75, 3.05) is 18.5 Å². The second kappa shape index (κ2) is 7.31. The number of ether oxygens (including phenoxy) is 2. The van der Waals surface area contributed by atoms with Gasteiger partial charge in [0.15, 0.2) is 17.1 Å². The lowest BCUT2D eigenvalue weighted by Crippen LogP contribution is -2.60. The van der Waals surface area contributed by atoms with Gasteiger partial charge in [-0.15, -0.1) is 11.3 Å². The van der Waals surface area contributed by atoms with Crippen LogP contribution in [0.25, 0.3) is 0 Å². The van der Waals surface area contributed by atoms with Crippen molar-refractivity contribution in [3.05, 3.63) is 11.1 Å². The second-order valence-corrected chi connectivity index (χ2v) is 5.51. The molecule has 1 aromatic heterocycles. The van der Waals surface area contributed by atoms with E-state index in [4.69, 9.17) is 14.6 Å². The molecule has 9 nitrogen and oxygen atoms in total. The summed E-state index contributed by atoms with van der Waals surface area (Å²) >= 11 is 1.09. The van der Waals surface area contributed by atoms with Gasteiger partial charge in [0, 0.05) is 5.38 Å². The van der Waals surface area contributed by atoms with Crippen molar-refractivity contribution in [3.63, 3.8) is 0 Å². The number of hydrogen-bond donors (Lipinski definition) is 5. The van der Waals surface area contributed by atoms with Gasteiger partial charge in [0.1, 0.15) is 24.4 Å². The molecule has 0 spiro atoms. The van der Waals surface area contributed by atoms with Crippen LogP contribution >= 0.6 is 11.3 Å². The molecule has 0 aromatic carbocycles. The first-order valence-corrected chi connectivity index (χ1v) is 7.55. The Labute approximate surface area is 130 Å². The summed E-state index contributed by atoms with van der Waals surface area (Å²) in [4.78, 5) is 15.5. The summed E-state index contributed by atoms with van der Waals surface area (Å²) in [6.45, 7) is 1.39. The fraction of sp³-hybridized carbons (Fsp3) is 0.667. The molecule has 2 rings (SSSR count). The monoisotopic (exact) mass is 334 g/mol. The van der Waals surface area contributed by atoms with Crippen molar-refractivity contribution in [1.82, 2.24) is 4.98 Å². The van der Waals surface area contributed by atoms with Gasteiger partial charge in [0.05, 0.1) is 13.2 Å². The number of hydrogen-bond acceptors (Lipinski definition) is 10. The molecule has 1 saturated heterocycles. The molecular weight excluding hydrogens is 316 g/mol. The molecule has 0 saturated carbocycles. The molecule has 124 valence electrons. The molecule has 0 aliphatic carbocycles. The maximum atomic E-state index is 11.5. The third-order valence-electron chi connectivity index (χ3n) is 3.15. The Balaban J connectivity index is 2.05. The second-order valence-electron chi connectivity index (χ2n) is 4.65. The smallest absolute Gasteiger partial charge is 0.357 e. The molecule has 0 radical (unpaired) electrons. The van der Waals surface area contributed by atoms with E-state index in [9.17, 15) is 20.1 Å². The number of aliphatic hydroxyl groups excluding tert-OH is 4. The number of nitrogens with zero attached hydrogens (tertiary/aromatic N) is 1. The van der Waals surface area contributed by atoms with Crippen molar-refractivity contribution in [2.45, 2.75) is 37.6 Å². The van der Waals surface area contributed by atoms with Crippen molar-refractivity contribution in [1.29, 1.82) is 0 Å². The molecule has 1 aliphatic rings. The van der Waals surface area contributed by atoms with Crippen LogP contribution in [0.5, 0.6) is 0 Å². The normalized spacial score (nSPS) is 31.8. The van der Waals surface area contributed by atoms with E-state index in [0.29, 0.717) is 0 Å². The number of anilines is 1.